The summed E-state index contributed by atoms with van der Waals surface area (Å²) in [5.74, 6) is -0.698. The van der Waals surface area contributed by atoms with Crippen LogP contribution in [0.15, 0.2) is 35.7 Å². The third kappa shape index (κ3) is 7.10. The van der Waals surface area contributed by atoms with Crippen LogP contribution in [-0.2, 0) is 14.3 Å². The van der Waals surface area contributed by atoms with Crippen LogP contribution >= 0.6 is 11.3 Å². The van der Waals surface area contributed by atoms with Gasteiger partial charge in [-0.2, -0.15) is 0 Å². The molecule has 0 aliphatic carbocycles. The van der Waals surface area contributed by atoms with Crippen LogP contribution < -0.4 is 15.4 Å². The Balaban J connectivity index is 1.57. The van der Waals surface area contributed by atoms with Crippen molar-refractivity contribution in [3.63, 3.8) is 0 Å². The lowest BCUT2D eigenvalue weighted by molar-refractivity contribution is -0.147. The fraction of sp³-hybridized carbons (Fsp3) is 0.316. The predicted molar refractivity (Wildman–Crippen MR) is 102 cm³/mol. The van der Waals surface area contributed by atoms with Gasteiger partial charge in [0.25, 0.3) is 11.8 Å². The van der Waals surface area contributed by atoms with E-state index < -0.39 is 18.5 Å². The van der Waals surface area contributed by atoms with E-state index in [-0.39, 0.29) is 12.5 Å². The number of carbonyl (C=O) groups is 3. The molecule has 7 nitrogen and oxygen atoms in total. The van der Waals surface area contributed by atoms with Crippen LogP contribution in [0.4, 0.5) is 0 Å². The summed E-state index contributed by atoms with van der Waals surface area (Å²) < 4.78 is 10.4. The molecule has 1 aromatic heterocycles. The normalized spacial score (nSPS) is 10.1. The van der Waals surface area contributed by atoms with Crippen LogP contribution in [0.2, 0.25) is 0 Å². The molecule has 0 saturated heterocycles. The monoisotopic (exact) mass is 390 g/mol. The summed E-state index contributed by atoms with van der Waals surface area (Å²) in [6, 6.07) is 9.26. The fourth-order valence-electron chi connectivity index (χ4n) is 2.21. The van der Waals surface area contributed by atoms with E-state index in [9.17, 15) is 14.4 Å². The van der Waals surface area contributed by atoms with Gasteiger partial charge in [-0.05, 0) is 36.9 Å². The lowest BCUT2D eigenvalue weighted by atomic mass is 10.1. The van der Waals surface area contributed by atoms with Crippen molar-refractivity contribution < 1.29 is 23.9 Å². The van der Waals surface area contributed by atoms with Crippen molar-refractivity contribution in [1.82, 2.24) is 10.6 Å². The van der Waals surface area contributed by atoms with Crippen LogP contribution in [0.1, 0.15) is 20.8 Å². The van der Waals surface area contributed by atoms with Crippen molar-refractivity contribution in [2.45, 2.75) is 13.8 Å². The molecule has 0 radical (unpaired) electrons. The zero-order valence-electron chi connectivity index (χ0n) is 15.2. The largest absolute Gasteiger partial charge is 0.491 e. The minimum absolute atomic E-state index is 0.290. The molecule has 2 N–H and O–H groups in total. The van der Waals surface area contributed by atoms with Gasteiger partial charge in [0.2, 0.25) is 0 Å². The molecule has 0 unspecified atom stereocenters. The van der Waals surface area contributed by atoms with Crippen LogP contribution in [0.3, 0.4) is 0 Å². The lowest BCUT2D eigenvalue weighted by Gasteiger charge is -2.11. The summed E-state index contributed by atoms with van der Waals surface area (Å²) in [4.78, 5) is 35.4. The molecule has 0 aliphatic heterocycles. The Hall–Kier alpha value is -2.87. The SMILES string of the molecule is Cc1ccc(OCCNC(=O)COC(=O)CNC(=O)c2cccs2)c(C)c1. The van der Waals surface area contributed by atoms with E-state index in [1.807, 2.05) is 32.0 Å². The van der Waals surface area contributed by atoms with E-state index in [4.69, 9.17) is 9.47 Å². The number of thiophene rings is 1. The molecule has 0 spiro atoms. The predicted octanol–water partition coefficient (Wildman–Crippen LogP) is 1.83. The van der Waals surface area contributed by atoms with Gasteiger partial charge in [0.15, 0.2) is 6.61 Å². The van der Waals surface area contributed by atoms with Gasteiger partial charge in [0, 0.05) is 0 Å². The maximum atomic E-state index is 11.7. The Morgan fingerprint density at radius 2 is 1.93 bits per heavy atom. The van der Waals surface area contributed by atoms with Crippen LogP contribution in [0.5, 0.6) is 5.75 Å². The van der Waals surface area contributed by atoms with E-state index in [2.05, 4.69) is 10.6 Å². The number of carbonyl (C=O) groups excluding carboxylic acids is 3. The first kappa shape index (κ1) is 20.4. The fourth-order valence-corrected chi connectivity index (χ4v) is 2.85. The molecule has 1 heterocycles. The number of benzene rings is 1. The highest BCUT2D eigenvalue weighted by Gasteiger charge is 2.11. The zero-order valence-corrected chi connectivity index (χ0v) is 16.1. The summed E-state index contributed by atoms with van der Waals surface area (Å²) >= 11 is 1.27. The van der Waals surface area contributed by atoms with E-state index in [0.29, 0.717) is 18.0 Å². The molecule has 0 aliphatic rings. The Bertz CT molecular complexity index is 789. The number of ether oxygens (including phenoxy) is 2. The Morgan fingerprint density at radius 1 is 1.11 bits per heavy atom. The van der Waals surface area contributed by atoms with Crippen molar-refractivity contribution in [3.05, 3.63) is 51.7 Å². The summed E-state index contributed by atoms with van der Waals surface area (Å²) in [5.41, 5.74) is 2.18. The highest BCUT2D eigenvalue weighted by Crippen LogP contribution is 2.18. The van der Waals surface area contributed by atoms with E-state index >= 15 is 0 Å². The van der Waals surface area contributed by atoms with Crippen molar-refractivity contribution in [2.24, 2.45) is 0 Å². The average molecular weight is 390 g/mol. The maximum absolute atomic E-state index is 11.7. The molecule has 2 aromatic rings. The number of aryl methyl sites for hydroxylation is 2. The first-order chi connectivity index (χ1) is 13.0. The van der Waals surface area contributed by atoms with Gasteiger partial charge in [-0.1, -0.05) is 23.8 Å². The molecular formula is C19H22N2O5S. The van der Waals surface area contributed by atoms with Crippen molar-refractivity contribution in [1.29, 1.82) is 0 Å². The smallest absolute Gasteiger partial charge is 0.325 e. The van der Waals surface area contributed by atoms with Gasteiger partial charge in [0.1, 0.15) is 18.9 Å². The number of nitrogens with one attached hydrogen (secondary N) is 2. The Labute approximate surface area is 161 Å². The van der Waals surface area contributed by atoms with E-state index in [1.54, 1.807) is 17.5 Å². The minimum atomic E-state index is -0.679. The van der Waals surface area contributed by atoms with E-state index in [1.165, 1.54) is 11.3 Å². The Kier molecular flexibility index (Phi) is 7.81. The van der Waals surface area contributed by atoms with Gasteiger partial charge >= 0.3 is 5.97 Å². The highest BCUT2D eigenvalue weighted by atomic mass is 32.1. The quantitative estimate of drug-likeness (QED) is 0.503. The second-order valence-electron chi connectivity index (χ2n) is 5.79. The molecule has 0 fully saturated rings. The number of amides is 2. The standard InChI is InChI=1S/C19H22N2O5S/c1-13-5-6-15(14(2)10-13)25-8-7-20-17(22)12-26-18(23)11-21-19(24)16-4-3-9-27-16/h3-6,9-10H,7-8,11-12H2,1-2H3,(H,20,22)(H,21,24). The Morgan fingerprint density at radius 3 is 2.63 bits per heavy atom. The summed E-state index contributed by atoms with van der Waals surface area (Å²) in [5, 5.41) is 6.80. The third-order valence-corrected chi connectivity index (χ3v) is 4.38. The molecule has 1 aromatic carbocycles. The summed E-state index contributed by atoms with van der Waals surface area (Å²) in [7, 11) is 0. The van der Waals surface area contributed by atoms with Crippen LogP contribution in [0, 0.1) is 13.8 Å². The van der Waals surface area contributed by atoms with Crippen LogP contribution in [-0.4, -0.2) is 44.1 Å². The summed E-state index contributed by atoms with van der Waals surface area (Å²) in [6.45, 7) is 3.86. The van der Waals surface area contributed by atoms with Crippen molar-refractivity contribution in [2.75, 3.05) is 26.3 Å². The molecule has 0 atom stereocenters. The molecule has 27 heavy (non-hydrogen) atoms. The first-order valence-corrected chi connectivity index (χ1v) is 9.28. The van der Waals surface area contributed by atoms with Gasteiger partial charge < -0.3 is 20.1 Å². The van der Waals surface area contributed by atoms with Crippen molar-refractivity contribution in [3.8, 4) is 5.75 Å². The first-order valence-electron chi connectivity index (χ1n) is 8.40. The summed E-state index contributed by atoms with van der Waals surface area (Å²) in [6.07, 6.45) is 0. The zero-order chi connectivity index (χ0) is 19.6. The van der Waals surface area contributed by atoms with Gasteiger partial charge in [-0.15, -0.1) is 11.3 Å². The van der Waals surface area contributed by atoms with E-state index in [0.717, 1.165) is 16.9 Å². The van der Waals surface area contributed by atoms with Gasteiger partial charge in [-0.25, -0.2) is 0 Å². The lowest BCUT2D eigenvalue weighted by Crippen LogP contribution is -2.35. The number of hydrogen-bond donors (Lipinski definition) is 2. The second kappa shape index (κ2) is 10.3. The minimum Gasteiger partial charge on any atom is -0.491 e. The van der Waals surface area contributed by atoms with Gasteiger partial charge in [0.05, 0.1) is 11.4 Å². The molecule has 2 amide bonds. The van der Waals surface area contributed by atoms with Gasteiger partial charge in [-0.3, -0.25) is 14.4 Å². The molecule has 0 bridgehead atoms. The average Bonchev–Trinajstić information content (AvgIpc) is 3.17. The number of hydrogen-bond acceptors (Lipinski definition) is 6. The van der Waals surface area contributed by atoms with Crippen LogP contribution in [0.25, 0.3) is 0 Å². The molecule has 8 heteroatoms. The second-order valence-corrected chi connectivity index (χ2v) is 6.74. The number of esters is 1. The third-order valence-electron chi connectivity index (χ3n) is 3.51. The topological polar surface area (TPSA) is 93.7 Å². The molecule has 0 saturated carbocycles. The maximum Gasteiger partial charge on any atom is 0.325 e. The molecule has 144 valence electrons. The molecular weight excluding hydrogens is 368 g/mol. The van der Waals surface area contributed by atoms with Crippen molar-refractivity contribution >= 4 is 29.1 Å². The highest BCUT2D eigenvalue weighted by molar-refractivity contribution is 7.12. The molecule has 2 rings (SSSR count). The number of rotatable bonds is 9.